The Morgan fingerprint density at radius 2 is 1.33 bits per heavy atom. The van der Waals surface area contributed by atoms with Crippen LogP contribution < -0.4 is 11.1 Å². The van der Waals surface area contributed by atoms with Gasteiger partial charge in [0.15, 0.2) is 0 Å². The van der Waals surface area contributed by atoms with Crippen LogP contribution in [0, 0.1) is 10.1 Å². The van der Waals surface area contributed by atoms with Crippen molar-refractivity contribution in [3.05, 3.63) is 159 Å². The topological polar surface area (TPSA) is 213 Å². The van der Waals surface area contributed by atoms with Crippen LogP contribution in [-0.2, 0) is 61.5 Å². The first kappa shape index (κ1) is 46.7. The number of nitrogens with one attached hydrogen (secondary N) is 1. The predicted octanol–water partition coefficient (Wildman–Crippen LogP) is 4.88. The molecule has 2 heterocycles. The number of rotatable bonds is 24. The van der Waals surface area contributed by atoms with Gasteiger partial charge >= 0.3 is 6.16 Å². The summed E-state index contributed by atoms with van der Waals surface area (Å²) < 4.78 is 46.7. The second-order valence-corrected chi connectivity index (χ2v) is 14.6. The van der Waals surface area contributed by atoms with Gasteiger partial charge in [-0.3, -0.25) is 14.9 Å². The number of ether oxygens (including phenoxy) is 8. The van der Waals surface area contributed by atoms with E-state index < -0.39 is 54.0 Å². The summed E-state index contributed by atoms with van der Waals surface area (Å²) in [5.41, 5.74) is 7.26. The van der Waals surface area contributed by atoms with Gasteiger partial charge in [-0.2, -0.15) is 0 Å². The van der Waals surface area contributed by atoms with Gasteiger partial charge in [-0.25, -0.2) is 4.79 Å². The van der Waals surface area contributed by atoms with Crippen LogP contribution in [0.4, 0.5) is 10.5 Å². The number of para-hydroxylation sites is 1. The quantitative estimate of drug-likeness (QED) is 0.0282. The monoisotopic (exact) mass is 870 g/mol. The molecule has 4 N–H and O–H groups in total. The molecule has 4 aromatic carbocycles. The first-order valence-electron chi connectivity index (χ1n) is 20.7. The molecule has 2 aliphatic heterocycles. The number of nitro benzene ring substituents is 1. The van der Waals surface area contributed by atoms with Crippen molar-refractivity contribution in [2.24, 2.45) is 5.73 Å². The minimum atomic E-state index is -1.42. The molecule has 0 spiro atoms. The second-order valence-electron chi connectivity index (χ2n) is 14.6. The Morgan fingerprint density at radius 3 is 1.87 bits per heavy atom. The van der Waals surface area contributed by atoms with Gasteiger partial charge in [0, 0.05) is 24.7 Å². The largest absolute Gasteiger partial charge is 0.508 e. The summed E-state index contributed by atoms with van der Waals surface area (Å²) in [7, 11) is 0. The first-order chi connectivity index (χ1) is 30.7. The highest BCUT2D eigenvalue weighted by Gasteiger charge is 2.46. The number of hydrogen-bond donors (Lipinski definition) is 3. The molecule has 0 aromatic heterocycles. The van der Waals surface area contributed by atoms with E-state index in [4.69, 9.17) is 43.6 Å². The Labute approximate surface area is 365 Å². The van der Waals surface area contributed by atoms with E-state index in [1.54, 1.807) is 19.1 Å². The van der Waals surface area contributed by atoms with E-state index >= 15 is 0 Å². The highest BCUT2D eigenvalue weighted by Crippen LogP contribution is 2.42. The third-order valence-electron chi connectivity index (χ3n) is 10.4. The van der Waals surface area contributed by atoms with Crippen molar-refractivity contribution in [3.8, 4) is 0 Å². The number of aliphatic hydroxyl groups is 1. The Morgan fingerprint density at radius 1 is 0.810 bits per heavy atom. The third kappa shape index (κ3) is 12.5. The number of nitrogens with zero attached hydrogens (tertiary/aromatic N) is 2. The van der Waals surface area contributed by atoms with Crippen LogP contribution >= 0.6 is 0 Å². The van der Waals surface area contributed by atoms with Gasteiger partial charge in [0.25, 0.3) is 11.6 Å². The predicted molar refractivity (Wildman–Crippen MR) is 228 cm³/mol. The molecule has 1 saturated heterocycles. The fourth-order valence-corrected chi connectivity index (χ4v) is 7.36. The van der Waals surface area contributed by atoms with Crippen LogP contribution in [0.2, 0.25) is 0 Å². The van der Waals surface area contributed by atoms with Gasteiger partial charge in [0.2, 0.25) is 6.35 Å². The molecule has 4 aromatic rings. The van der Waals surface area contributed by atoms with E-state index in [0.717, 1.165) is 16.7 Å². The van der Waals surface area contributed by atoms with Crippen LogP contribution in [0.15, 0.2) is 121 Å². The lowest BCUT2D eigenvalue weighted by molar-refractivity contribution is -0.386. The van der Waals surface area contributed by atoms with Crippen LogP contribution in [0.25, 0.3) is 0 Å². The zero-order chi connectivity index (χ0) is 44.4. The average Bonchev–Trinajstić information content (AvgIpc) is 3.70. The van der Waals surface area contributed by atoms with Crippen LogP contribution in [-0.4, -0.2) is 111 Å². The Bertz CT molecular complexity index is 2000. The molecule has 63 heavy (non-hydrogen) atoms. The van der Waals surface area contributed by atoms with E-state index in [-0.39, 0.29) is 49.7 Å². The van der Waals surface area contributed by atoms with Gasteiger partial charge in [0.05, 0.1) is 75.5 Å². The summed E-state index contributed by atoms with van der Waals surface area (Å²) in [4.78, 5) is 39.0. The highest BCUT2D eigenvalue weighted by molar-refractivity contribution is 5.93. The number of nitrogens with two attached hydrogens (primary N) is 1. The fourth-order valence-electron chi connectivity index (χ4n) is 7.36. The number of benzene rings is 4. The molecule has 0 bridgehead atoms. The number of aliphatic hydroxyl groups excluding tert-OH is 1. The van der Waals surface area contributed by atoms with E-state index in [1.807, 2.05) is 91.0 Å². The Hall–Kier alpha value is -5.76. The van der Waals surface area contributed by atoms with Gasteiger partial charge in [-0.05, 0) is 35.7 Å². The van der Waals surface area contributed by atoms with Crippen molar-refractivity contribution in [2.75, 3.05) is 59.4 Å². The van der Waals surface area contributed by atoms with Crippen LogP contribution in [0.1, 0.15) is 41.2 Å². The minimum absolute atomic E-state index is 0.0444. The van der Waals surface area contributed by atoms with Gasteiger partial charge in [-0.15, -0.1) is 0 Å². The number of carbonyl (C=O) groups is 2. The zero-order valence-electron chi connectivity index (χ0n) is 35.1. The smallest absolute Gasteiger partial charge is 0.429 e. The van der Waals surface area contributed by atoms with Gasteiger partial charge < -0.3 is 59.0 Å². The van der Waals surface area contributed by atoms with Crippen molar-refractivity contribution in [1.29, 1.82) is 0 Å². The number of nitro groups is 1. The normalized spacial score (nSPS) is 18.7. The molecular weight excluding hydrogens is 817 g/mol. The SMILES string of the molecule is CC1=CN([C@H]2CC(OC(=O)OCc3cccc(COCCOCCOCCOCCN)c3[N+](=O)[O-])[C@@H](COC(c3ccccc3)(c3ccccc3)c3ccccc3)O2)C(O)NC1=O. The van der Waals surface area contributed by atoms with E-state index in [2.05, 4.69) is 5.32 Å². The Kier molecular flexibility index (Phi) is 17.5. The average molecular weight is 871 g/mol. The molecule has 336 valence electrons. The molecule has 17 nitrogen and oxygen atoms in total. The molecule has 2 aliphatic rings. The maximum absolute atomic E-state index is 13.5. The molecule has 0 saturated carbocycles. The number of carbonyl (C=O) groups excluding carboxylic acids is 2. The maximum Gasteiger partial charge on any atom is 0.508 e. The van der Waals surface area contributed by atoms with Gasteiger partial charge in [-0.1, -0.05) is 97.1 Å². The lowest BCUT2D eigenvalue weighted by Crippen LogP contribution is -2.53. The minimum Gasteiger partial charge on any atom is -0.429 e. The summed E-state index contributed by atoms with van der Waals surface area (Å²) >= 11 is 0. The first-order valence-corrected chi connectivity index (χ1v) is 20.7. The number of amides is 1. The lowest BCUT2D eigenvalue weighted by Gasteiger charge is -2.37. The molecule has 6 rings (SSSR count). The number of hydrogen-bond acceptors (Lipinski definition) is 15. The van der Waals surface area contributed by atoms with Crippen LogP contribution in [0.5, 0.6) is 0 Å². The van der Waals surface area contributed by atoms with E-state index in [1.165, 1.54) is 17.2 Å². The highest BCUT2D eigenvalue weighted by atomic mass is 16.7. The van der Waals surface area contributed by atoms with E-state index in [0.29, 0.717) is 45.2 Å². The lowest BCUT2D eigenvalue weighted by atomic mass is 9.80. The molecule has 1 fully saturated rings. The molecule has 4 atom stereocenters. The standard InChI is InChI=1S/C46H54N4O13/c1-33-29-49(44(52)48-43(33)51)41-28-39(40(62-41)32-61-46(36-14-5-2-6-15-36,37-16-7-3-8-17-37)38-18-9-4-10-19-38)63-45(53)60-31-35-13-11-12-34(42(35)50(54)55)30-59-27-26-58-25-24-57-23-22-56-21-20-47/h2-19,29,39-41,44,52H,20-28,30-32,47H2,1H3,(H,48,51)/t39?,40-,41-,44?/m1/s1. The Balaban J connectivity index is 1.13. The van der Waals surface area contributed by atoms with Crippen molar-refractivity contribution >= 4 is 17.7 Å². The molecule has 2 unspecified atom stereocenters. The van der Waals surface area contributed by atoms with Crippen LogP contribution in [0.3, 0.4) is 0 Å². The molecule has 1 amide bonds. The molecular formula is C46H54N4O13. The van der Waals surface area contributed by atoms with E-state index in [9.17, 15) is 24.8 Å². The molecule has 0 aliphatic carbocycles. The van der Waals surface area contributed by atoms with Crippen molar-refractivity contribution in [3.63, 3.8) is 0 Å². The molecule has 17 heteroatoms. The summed E-state index contributed by atoms with van der Waals surface area (Å²) in [5, 5.41) is 25.6. The summed E-state index contributed by atoms with van der Waals surface area (Å²) in [6, 6.07) is 33.8. The second kappa shape index (κ2) is 23.6. The summed E-state index contributed by atoms with van der Waals surface area (Å²) in [6.07, 6.45) is -3.76. The summed E-state index contributed by atoms with van der Waals surface area (Å²) in [5.74, 6) is -0.441. The van der Waals surface area contributed by atoms with Crippen molar-refractivity contribution < 1.29 is 57.5 Å². The zero-order valence-corrected chi connectivity index (χ0v) is 35.1. The fraction of sp³-hybridized carbons (Fsp3) is 0.391. The third-order valence-corrected chi connectivity index (χ3v) is 10.4. The van der Waals surface area contributed by atoms with Gasteiger partial charge in [0.1, 0.15) is 30.6 Å². The molecule has 0 radical (unpaired) electrons. The van der Waals surface area contributed by atoms with Crippen molar-refractivity contribution in [1.82, 2.24) is 10.2 Å². The summed E-state index contributed by atoms with van der Waals surface area (Å²) in [6.45, 7) is 3.88. The maximum atomic E-state index is 13.5. The van der Waals surface area contributed by atoms with Crippen molar-refractivity contribution in [2.45, 2.75) is 56.9 Å².